The number of carboxylic acid groups (broad SMARTS) is 1. The monoisotopic (exact) mass is 232 g/mol. The lowest BCUT2D eigenvalue weighted by Crippen LogP contribution is -2.11. The highest BCUT2D eigenvalue weighted by Gasteiger charge is 2.31. The Morgan fingerprint density at radius 2 is 2.35 bits per heavy atom. The first-order valence-electron chi connectivity index (χ1n) is 5.68. The Bertz CT molecular complexity index is 601. The van der Waals surface area contributed by atoms with Crippen molar-refractivity contribution in [2.45, 2.75) is 32.1 Å². The van der Waals surface area contributed by atoms with Crippen molar-refractivity contribution in [1.29, 1.82) is 0 Å². The Morgan fingerprint density at radius 3 is 2.94 bits per heavy atom. The van der Waals surface area contributed by atoms with E-state index in [0.717, 1.165) is 18.4 Å². The largest absolute Gasteiger partial charge is 0.476 e. The predicted octanol–water partition coefficient (Wildman–Crippen LogP) is 1.26. The normalized spacial score (nSPS) is 15.4. The molecule has 0 unspecified atom stereocenters. The van der Waals surface area contributed by atoms with Crippen LogP contribution in [0.15, 0.2) is 6.20 Å². The minimum atomic E-state index is -0.966. The van der Waals surface area contributed by atoms with Crippen LogP contribution in [0, 0.1) is 0 Å². The number of aromatic carboxylic acids is 1. The van der Waals surface area contributed by atoms with Gasteiger partial charge in [0.15, 0.2) is 11.5 Å². The van der Waals surface area contributed by atoms with Crippen LogP contribution >= 0.6 is 0 Å². The first-order valence-corrected chi connectivity index (χ1v) is 5.68. The van der Waals surface area contributed by atoms with Crippen LogP contribution in [0.1, 0.15) is 47.6 Å². The molecule has 2 heterocycles. The number of carboxylic acids is 1. The molecule has 1 saturated carbocycles. The second-order valence-electron chi connectivity index (χ2n) is 4.23. The maximum Gasteiger partial charge on any atom is 0.355 e. The molecule has 0 spiro atoms. The van der Waals surface area contributed by atoms with Crippen LogP contribution in [-0.4, -0.2) is 30.7 Å². The van der Waals surface area contributed by atoms with Crippen molar-refractivity contribution in [2.75, 3.05) is 0 Å². The summed E-state index contributed by atoms with van der Waals surface area (Å²) < 4.78 is 1.36. The first kappa shape index (κ1) is 10.2. The molecule has 0 amide bonds. The van der Waals surface area contributed by atoms with Gasteiger partial charge < -0.3 is 5.11 Å². The standard InChI is InChI=1S/C11H12N4O2/c1-2-8-13-11-12-5-7(6-3-4-6)9(10(16)17)15(11)14-8/h5-6H,2-4H2,1H3,(H,16,17). The number of hydrogen-bond donors (Lipinski definition) is 1. The molecule has 2 aromatic rings. The molecule has 1 aliphatic rings. The van der Waals surface area contributed by atoms with E-state index < -0.39 is 5.97 Å². The highest BCUT2D eigenvalue weighted by atomic mass is 16.4. The van der Waals surface area contributed by atoms with Crippen LogP contribution in [0.25, 0.3) is 5.78 Å². The van der Waals surface area contributed by atoms with Gasteiger partial charge in [0.2, 0.25) is 0 Å². The third-order valence-corrected chi connectivity index (χ3v) is 2.97. The highest BCUT2D eigenvalue weighted by molar-refractivity contribution is 5.88. The molecule has 3 rings (SSSR count). The summed E-state index contributed by atoms with van der Waals surface area (Å²) in [4.78, 5) is 19.7. The van der Waals surface area contributed by atoms with E-state index in [-0.39, 0.29) is 5.69 Å². The Labute approximate surface area is 97.3 Å². The molecule has 6 heteroatoms. The number of rotatable bonds is 3. The van der Waals surface area contributed by atoms with Crippen molar-refractivity contribution < 1.29 is 9.90 Å². The van der Waals surface area contributed by atoms with Gasteiger partial charge in [0.25, 0.3) is 5.78 Å². The zero-order chi connectivity index (χ0) is 12.0. The van der Waals surface area contributed by atoms with E-state index in [2.05, 4.69) is 15.1 Å². The Morgan fingerprint density at radius 1 is 1.59 bits per heavy atom. The average Bonchev–Trinajstić information content (AvgIpc) is 3.06. The fourth-order valence-electron chi connectivity index (χ4n) is 1.95. The Kier molecular flexibility index (Phi) is 2.10. The fourth-order valence-corrected chi connectivity index (χ4v) is 1.95. The molecule has 0 radical (unpaired) electrons. The average molecular weight is 232 g/mol. The van der Waals surface area contributed by atoms with Crippen LogP contribution in [0.2, 0.25) is 0 Å². The quantitative estimate of drug-likeness (QED) is 0.861. The summed E-state index contributed by atoms with van der Waals surface area (Å²) in [5.41, 5.74) is 0.988. The Balaban J connectivity index is 2.28. The topological polar surface area (TPSA) is 80.4 Å². The summed E-state index contributed by atoms with van der Waals surface area (Å²) in [6, 6.07) is 0. The number of aryl methyl sites for hydroxylation is 1. The molecule has 88 valence electrons. The third kappa shape index (κ3) is 1.56. The molecule has 0 aliphatic heterocycles. The Hall–Kier alpha value is -1.98. The molecule has 1 N–H and O–H groups in total. The summed E-state index contributed by atoms with van der Waals surface area (Å²) in [7, 11) is 0. The maximum absolute atomic E-state index is 11.3. The van der Waals surface area contributed by atoms with Crippen molar-refractivity contribution >= 4 is 11.7 Å². The first-order chi connectivity index (χ1) is 8.20. The van der Waals surface area contributed by atoms with E-state index in [1.807, 2.05) is 6.92 Å². The van der Waals surface area contributed by atoms with E-state index in [1.165, 1.54) is 4.52 Å². The van der Waals surface area contributed by atoms with Crippen LogP contribution in [0.5, 0.6) is 0 Å². The van der Waals surface area contributed by atoms with E-state index in [9.17, 15) is 9.90 Å². The summed E-state index contributed by atoms with van der Waals surface area (Å²) >= 11 is 0. The van der Waals surface area contributed by atoms with Gasteiger partial charge in [0, 0.05) is 18.2 Å². The molecular weight excluding hydrogens is 220 g/mol. The van der Waals surface area contributed by atoms with Crippen LogP contribution in [0.3, 0.4) is 0 Å². The number of nitrogens with zero attached hydrogens (tertiary/aromatic N) is 4. The van der Waals surface area contributed by atoms with Gasteiger partial charge in [-0.1, -0.05) is 6.92 Å². The minimum Gasteiger partial charge on any atom is -0.476 e. The number of fused-ring (bicyclic) bond motifs is 1. The van der Waals surface area contributed by atoms with Crippen molar-refractivity contribution in [2.24, 2.45) is 0 Å². The number of hydrogen-bond acceptors (Lipinski definition) is 4. The predicted molar refractivity (Wildman–Crippen MR) is 59.1 cm³/mol. The zero-order valence-corrected chi connectivity index (χ0v) is 9.42. The van der Waals surface area contributed by atoms with E-state index >= 15 is 0 Å². The van der Waals surface area contributed by atoms with Gasteiger partial charge in [-0.2, -0.15) is 9.50 Å². The van der Waals surface area contributed by atoms with Gasteiger partial charge in [-0.05, 0) is 18.8 Å². The second-order valence-corrected chi connectivity index (χ2v) is 4.23. The molecule has 0 atom stereocenters. The van der Waals surface area contributed by atoms with Crippen molar-refractivity contribution in [1.82, 2.24) is 19.6 Å². The van der Waals surface area contributed by atoms with E-state index in [0.29, 0.717) is 23.9 Å². The van der Waals surface area contributed by atoms with Crippen molar-refractivity contribution in [3.8, 4) is 0 Å². The third-order valence-electron chi connectivity index (χ3n) is 2.97. The number of carbonyl (C=O) groups is 1. The van der Waals surface area contributed by atoms with Gasteiger partial charge in [0.05, 0.1) is 0 Å². The van der Waals surface area contributed by atoms with Crippen LogP contribution in [0.4, 0.5) is 0 Å². The molecule has 0 aromatic carbocycles. The van der Waals surface area contributed by atoms with Gasteiger partial charge in [-0.15, -0.1) is 5.10 Å². The molecule has 1 aliphatic carbocycles. The molecule has 1 fully saturated rings. The smallest absolute Gasteiger partial charge is 0.355 e. The molecule has 0 saturated heterocycles. The molecule has 0 bridgehead atoms. The maximum atomic E-state index is 11.3. The minimum absolute atomic E-state index is 0.213. The lowest BCUT2D eigenvalue weighted by Gasteiger charge is -2.04. The van der Waals surface area contributed by atoms with Gasteiger partial charge >= 0.3 is 5.97 Å². The summed E-state index contributed by atoms with van der Waals surface area (Å²) in [6.07, 6.45) is 4.36. The van der Waals surface area contributed by atoms with Gasteiger partial charge in [0.1, 0.15) is 0 Å². The van der Waals surface area contributed by atoms with E-state index in [4.69, 9.17) is 0 Å². The molecule has 6 nitrogen and oxygen atoms in total. The van der Waals surface area contributed by atoms with Crippen molar-refractivity contribution in [3.63, 3.8) is 0 Å². The lowest BCUT2D eigenvalue weighted by atomic mass is 10.1. The molecular formula is C11H12N4O2. The van der Waals surface area contributed by atoms with E-state index in [1.54, 1.807) is 6.20 Å². The van der Waals surface area contributed by atoms with Crippen molar-refractivity contribution in [3.05, 3.63) is 23.3 Å². The highest BCUT2D eigenvalue weighted by Crippen LogP contribution is 2.41. The summed E-state index contributed by atoms with van der Waals surface area (Å²) in [5, 5.41) is 13.5. The van der Waals surface area contributed by atoms with Crippen LogP contribution < -0.4 is 0 Å². The fraction of sp³-hybridized carbons (Fsp3) is 0.455. The zero-order valence-electron chi connectivity index (χ0n) is 9.42. The number of aromatic nitrogens is 4. The summed E-state index contributed by atoms with van der Waals surface area (Å²) in [6.45, 7) is 1.93. The van der Waals surface area contributed by atoms with Crippen LogP contribution in [-0.2, 0) is 6.42 Å². The lowest BCUT2D eigenvalue weighted by molar-refractivity contribution is 0.0685. The van der Waals surface area contributed by atoms with Gasteiger partial charge in [-0.25, -0.2) is 9.78 Å². The molecule has 2 aromatic heterocycles. The molecule has 17 heavy (non-hydrogen) atoms. The summed E-state index contributed by atoms with van der Waals surface area (Å²) in [5.74, 6) is 0.343. The SMILES string of the molecule is CCc1nc2ncc(C3CC3)c(C(=O)O)n2n1. The van der Waals surface area contributed by atoms with Gasteiger partial charge in [-0.3, -0.25) is 0 Å². The second kappa shape index (κ2) is 3.51.